The quantitative estimate of drug-likeness (QED) is 0.880. The van der Waals surface area contributed by atoms with Crippen LogP contribution in [0.2, 0.25) is 0 Å². The van der Waals surface area contributed by atoms with Crippen LogP contribution < -0.4 is 5.73 Å². The van der Waals surface area contributed by atoms with Crippen LogP contribution in [0.15, 0.2) is 23.1 Å². The summed E-state index contributed by atoms with van der Waals surface area (Å²) in [5.41, 5.74) is 7.31. The molecule has 0 aromatic heterocycles. The summed E-state index contributed by atoms with van der Waals surface area (Å²) >= 11 is 0. The van der Waals surface area contributed by atoms with E-state index in [0.29, 0.717) is 17.9 Å². The van der Waals surface area contributed by atoms with Gasteiger partial charge in [-0.1, -0.05) is 19.1 Å². The number of aryl methyl sites for hydroxylation is 1. The van der Waals surface area contributed by atoms with Crippen LogP contribution >= 0.6 is 0 Å². The van der Waals surface area contributed by atoms with Gasteiger partial charge in [0.2, 0.25) is 10.0 Å². The molecular formula is C13H20N2O2S. The Hall–Kier alpha value is -0.910. The molecule has 1 aliphatic carbocycles. The van der Waals surface area contributed by atoms with Crippen molar-refractivity contribution in [3.05, 3.63) is 29.3 Å². The standard InChI is InChI=1S/C13H20N2O2S/c1-3-11-5-4-10(9-14)8-13(11)18(16,17)15(2)12-6-7-12/h4-5,8,12H,3,6-7,9,14H2,1-2H3. The highest BCUT2D eigenvalue weighted by atomic mass is 32.2. The van der Waals surface area contributed by atoms with Gasteiger partial charge in [0.25, 0.3) is 0 Å². The van der Waals surface area contributed by atoms with E-state index in [4.69, 9.17) is 5.73 Å². The summed E-state index contributed by atoms with van der Waals surface area (Å²) in [4.78, 5) is 0.419. The third kappa shape index (κ3) is 2.43. The van der Waals surface area contributed by atoms with E-state index in [1.54, 1.807) is 13.1 Å². The minimum Gasteiger partial charge on any atom is -0.326 e. The summed E-state index contributed by atoms with van der Waals surface area (Å²) in [6.07, 6.45) is 2.64. The average Bonchev–Trinajstić information content (AvgIpc) is 3.21. The molecule has 5 heteroatoms. The van der Waals surface area contributed by atoms with Gasteiger partial charge in [0.15, 0.2) is 0 Å². The highest BCUT2D eigenvalue weighted by Gasteiger charge is 2.35. The number of nitrogens with two attached hydrogens (primary N) is 1. The number of hydrogen-bond donors (Lipinski definition) is 1. The smallest absolute Gasteiger partial charge is 0.243 e. The number of nitrogens with zero attached hydrogens (tertiary/aromatic N) is 1. The second-order valence-electron chi connectivity index (χ2n) is 4.75. The Labute approximate surface area is 109 Å². The van der Waals surface area contributed by atoms with Crippen LogP contribution in [-0.2, 0) is 23.0 Å². The molecule has 0 heterocycles. The van der Waals surface area contributed by atoms with E-state index < -0.39 is 10.0 Å². The normalized spacial score (nSPS) is 16.2. The molecule has 1 aromatic carbocycles. The lowest BCUT2D eigenvalue weighted by atomic mass is 10.1. The Morgan fingerprint density at radius 2 is 2.06 bits per heavy atom. The summed E-state index contributed by atoms with van der Waals surface area (Å²) in [5.74, 6) is 0. The molecule has 2 N–H and O–H groups in total. The van der Waals surface area contributed by atoms with Crippen LogP contribution in [0.5, 0.6) is 0 Å². The van der Waals surface area contributed by atoms with Gasteiger partial charge in [-0.3, -0.25) is 0 Å². The highest BCUT2D eigenvalue weighted by Crippen LogP contribution is 2.31. The maximum absolute atomic E-state index is 12.5. The molecule has 1 aliphatic rings. The summed E-state index contributed by atoms with van der Waals surface area (Å²) in [6, 6.07) is 5.67. The highest BCUT2D eigenvalue weighted by molar-refractivity contribution is 7.89. The molecule has 2 rings (SSSR count). The van der Waals surface area contributed by atoms with Gasteiger partial charge in [0.1, 0.15) is 0 Å². The lowest BCUT2D eigenvalue weighted by molar-refractivity contribution is 0.463. The average molecular weight is 268 g/mol. The monoisotopic (exact) mass is 268 g/mol. The molecule has 1 saturated carbocycles. The molecule has 0 unspecified atom stereocenters. The molecule has 0 radical (unpaired) electrons. The first-order valence-corrected chi connectivity index (χ1v) is 7.74. The predicted octanol–water partition coefficient (Wildman–Crippen LogP) is 1.49. The Bertz CT molecular complexity index is 536. The van der Waals surface area contributed by atoms with Gasteiger partial charge in [-0.25, -0.2) is 8.42 Å². The first kappa shape index (κ1) is 13.5. The van der Waals surface area contributed by atoms with E-state index in [9.17, 15) is 8.42 Å². The van der Waals surface area contributed by atoms with Gasteiger partial charge in [0.05, 0.1) is 4.90 Å². The van der Waals surface area contributed by atoms with Crippen molar-refractivity contribution in [2.75, 3.05) is 7.05 Å². The van der Waals surface area contributed by atoms with Crippen molar-refractivity contribution < 1.29 is 8.42 Å². The molecule has 18 heavy (non-hydrogen) atoms. The first-order valence-electron chi connectivity index (χ1n) is 6.30. The SMILES string of the molecule is CCc1ccc(CN)cc1S(=O)(=O)N(C)C1CC1. The summed E-state index contributed by atoms with van der Waals surface area (Å²) in [6.45, 7) is 2.33. The van der Waals surface area contributed by atoms with Crippen LogP contribution in [0.3, 0.4) is 0 Å². The Balaban J connectivity index is 2.47. The molecule has 0 spiro atoms. The number of sulfonamides is 1. The first-order chi connectivity index (χ1) is 8.50. The van der Waals surface area contributed by atoms with Crippen molar-refractivity contribution in [3.63, 3.8) is 0 Å². The fraction of sp³-hybridized carbons (Fsp3) is 0.538. The Morgan fingerprint density at radius 1 is 1.39 bits per heavy atom. The minimum absolute atomic E-state index is 0.182. The van der Waals surface area contributed by atoms with E-state index in [2.05, 4.69) is 0 Å². The lowest BCUT2D eigenvalue weighted by Crippen LogP contribution is -2.29. The third-order valence-electron chi connectivity index (χ3n) is 3.47. The van der Waals surface area contributed by atoms with Crippen molar-refractivity contribution in [1.82, 2.24) is 4.31 Å². The van der Waals surface area contributed by atoms with Crippen LogP contribution in [0.25, 0.3) is 0 Å². The molecule has 0 amide bonds. The van der Waals surface area contributed by atoms with E-state index in [1.165, 1.54) is 4.31 Å². The maximum Gasteiger partial charge on any atom is 0.243 e. The van der Waals surface area contributed by atoms with Gasteiger partial charge < -0.3 is 5.73 Å². The van der Waals surface area contributed by atoms with Gasteiger partial charge >= 0.3 is 0 Å². The fourth-order valence-corrected chi connectivity index (χ4v) is 3.81. The third-order valence-corrected chi connectivity index (χ3v) is 5.46. The van der Waals surface area contributed by atoms with Gasteiger partial charge in [0, 0.05) is 19.6 Å². The Morgan fingerprint density at radius 3 is 2.56 bits per heavy atom. The van der Waals surface area contributed by atoms with Gasteiger partial charge in [-0.2, -0.15) is 4.31 Å². The second-order valence-corrected chi connectivity index (χ2v) is 6.72. The fourth-order valence-electron chi connectivity index (χ4n) is 2.05. The number of hydrogen-bond acceptors (Lipinski definition) is 3. The summed E-state index contributed by atoms with van der Waals surface area (Å²) in [5, 5.41) is 0. The molecule has 0 bridgehead atoms. The van der Waals surface area contributed by atoms with E-state index in [0.717, 1.165) is 24.0 Å². The molecule has 4 nitrogen and oxygen atoms in total. The van der Waals surface area contributed by atoms with Crippen LogP contribution in [0, 0.1) is 0 Å². The van der Waals surface area contributed by atoms with Crippen molar-refractivity contribution in [1.29, 1.82) is 0 Å². The minimum atomic E-state index is -3.37. The molecule has 100 valence electrons. The molecule has 1 aromatic rings. The van der Waals surface area contributed by atoms with Crippen molar-refractivity contribution in [2.45, 2.75) is 43.7 Å². The predicted molar refractivity (Wildman–Crippen MR) is 71.7 cm³/mol. The zero-order chi connectivity index (χ0) is 13.3. The van der Waals surface area contributed by atoms with Crippen molar-refractivity contribution >= 4 is 10.0 Å². The summed E-state index contributed by atoms with van der Waals surface area (Å²) < 4.78 is 26.6. The summed E-state index contributed by atoms with van der Waals surface area (Å²) in [7, 11) is -1.71. The van der Waals surface area contributed by atoms with Crippen molar-refractivity contribution in [3.8, 4) is 0 Å². The van der Waals surface area contributed by atoms with E-state index in [1.807, 2.05) is 19.1 Å². The van der Waals surface area contributed by atoms with Crippen LogP contribution in [0.1, 0.15) is 30.9 Å². The zero-order valence-corrected chi connectivity index (χ0v) is 11.7. The van der Waals surface area contributed by atoms with E-state index in [-0.39, 0.29) is 6.04 Å². The van der Waals surface area contributed by atoms with E-state index >= 15 is 0 Å². The molecule has 0 aliphatic heterocycles. The maximum atomic E-state index is 12.5. The largest absolute Gasteiger partial charge is 0.326 e. The second kappa shape index (κ2) is 4.99. The number of benzene rings is 1. The zero-order valence-electron chi connectivity index (χ0n) is 10.9. The molecule has 0 atom stereocenters. The topological polar surface area (TPSA) is 63.4 Å². The van der Waals surface area contributed by atoms with Gasteiger partial charge in [-0.05, 0) is 36.5 Å². The van der Waals surface area contributed by atoms with Gasteiger partial charge in [-0.15, -0.1) is 0 Å². The molecular weight excluding hydrogens is 248 g/mol. The Kier molecular flexibility index (Phi) is 3.75. The number of rotatable bonds is 5. The van der Waals surface area contributed by atoms with Crippen LogP contribution in [-0.4, -0.2) is 25.8 Å². The molecule has 1 fully saturated rings. The van der Waals surface area contributed by atoms with Crippen LogP contribution in [0.4, 0.5) is 0 Å². The van der Waals surface area contributed by atoms with Crippen molar-refractivity contribution in [2.24, 2.45) is 5.73 Å². The lowest BCUT2D eigenvalue weighted by Gasteiger charge is -2.19. The molecule has 0 saturated heterocycles.